The normalized spacial score (nSPS) is 10.3. The highest BCUT2D eigenvalue weighted by molar-refractivity contribution is 6.12. The largest absolute Gasteiger partial charge is 0.336 e. The van der Waals surface area contributed by atoms with E-state index in [1.807, 2.05) is 36.4 Å². The number of allylic oxidation sites excluding steroid dienone is 2. The zero-order valence-corrected chi connectivity index (χ0v) is 12.0. The molecule has 0 aliphatic rings. The molecule has 1 aromatic heterocycles. The van der Waals surface area contributed by atoms with Crippen molar-refractivity contribution in [2.24, 2.45) is 0 Å². The van der Waals surface area contributed by atoms with Gasteiger partial charge < -0.3 is 4.57 Å². The van der Waals surface area contributed by atoms with Gasteiger partial charge in [-0.15, -0.1) is 6.58 Å². The summed E-state index contributed by atoms with van der Waals surface area (Å²) < 4.78 is 2.11. The molecule has 0 N–H and O–H groups in total. The van der Waals surface area contributed by atoms with E-state index in [2.05, 4.69) is 29.9 Å². The van der Waals surface area contributed by atoms with Crippen molar-refractivity contribution in [1.82, 2.24) is 4.57 Å². The Labute approximate surface area is 128 Å². The van der Waals surface area contributed by atoms with E-state index in [9.17, 15) is 10.5 Å². The van der Waals surface area contributed by atoms with Crippen LogP contribution in [-0.4, -0.2) is 4.57 Å². The second kappa shape index (κ2) is 5.24. The van der Waals surface area contributed by atoms with E-state index in [0.29, 0.717) is 23.2 Å². The molecule has 0 aliphatic carbocycles. The maximum Gasteiger partial charge on any atom is 0.0992 e. The zero-order chi connectivity index (χ0) is 15.7. The van der Waals surface area contributed by atoms with Crippen molar-refractivity contribution in [2.75, 3.05) is 0 Å². The van der Waals surface area contributed by atoms with Crippen LogP contribution in [0.3, 0.4) is 0 Å². The first-order chi connectivity index (χ1) is 10.7. The Morgan fingerprint density at radius 3 is 2.64 bits per heavy atom. The summed E-state index contributed by atoms with van der Waals surface area (Å²) in [6, 6.07) is 15.9. The fourth-order valence-electron chi connectivity index (χ4n) is 2.86. The van der Waals surface area contributed by atoms with Gasteiger partial charge in [0.25, 0.3) is 0 Å². The van der Waals surface area contributed by atoms with Gasteiger partial charge in [0.15, 0.2) is 0 Å². The molecule has 0 fully saturated rings. The Hall–Kier alpha value is -3.30. The summed E-state index contributed by atoms with van der Waals surface area (Å²) in [4.78, 5) is 0. The second-order valence-corrected chi connectivity index (χ2v) is 5.04. The van der Waals surface area contributed by atoms with Crippen LogP contribution in [0, 0.1) is 22.7 Å². The van der Waals surface area contributed by atoms with Gasteiger partial charge in [0, 0.05) is 28.4 Å². The van der Waals surface area contributed by atoms with Gasteiger partial charge in [-0.05, 0) is 18.2 Å². The van der Waals surface area contributed by atoms with Crippen molar-refractivity contribution in [3.63, 3.8) is 0 Å². The van der Waals surface area contributed by atoms with Crippen molar-refractivity contribution >= 4 is 27.4 Å². The standard InChI is InChI=1S/C19H13N3/c1-3-8-22-18-7-5-4-6-15(18)17-10-14(12-21)9-16(19(17)22)13(2)11-20/h3-7,9-10H,1-2,8H2. The quantitative estimate of drug-likeness (QED) is 0.528. The molecule has 0 saturated carbocycles. The van der Waals surface area contributed by atoms with Crippen LogP contribution in [-0.2, 0) is 6.54 Å². The maximum atomic E-state index is 9.27. The van der Waals surface area contributed by atoms with Gasteiger partial charge in [0.05, 0.1) is 28.8 Å². The molecule has 22 heavy (non-hydrogen) atoms. The SMILES string of the molecule is C=CCn1c2ccccc2c2cc(C#N)cc(C(=C)C#N)c21. The Kier molecular flexibility index (Phi) is 3.26. The summed E-state index contributed by atoms with van der Waals surface area (Å²) in [6.07, 6.45) is 1.82. The predicted molar refractivity (Wildman–Crippen MR) is 89.0 cm³/mol. The Balaban J connectivity index is 2.59. The first-order valence-electron chi connectivity index (χ1n) is 6.86. The summed E-state index contributed by atoms with van der Waals surface area (Å²) in [7, 11) is 0. The van der Waals surface area contributed by atoms with E-state index in [1.165, 1.54) is 0 Å². The summed E-state index contributed by atoms with van der Waals surface area (Å²) in [5.41, 5.74) is 3.57. The predicted octanol–water partition coefficient (Wildman–Crippen LogP) is 4.39. The lowest BCUT2D eigenvalue weighted by Crippen LogP contribution is -1.97. The van der Waals surface area contributed by atoms with Crippen molar-refractivity contribution in [3.8, 4) is 12.1 Å². The number of para-hydroxylation sites is 1. The van der Waals surface area contributed by atoms with Crippen LogP contribution in [0.5, 0.6) is 0 Å². The minimum Gasteiger partial charge on any atom is -0.336 e. The number of fused-ring (bicyclic) bond motifs is 3. The first kappa shape index (κ1) is 13.7. The molecule has 0 unspecified atom stereocenters. The van der Waals surface area contributed by atoms with E-state index in [0.717, 1.165) is 21.8 Å². The molecular weight excluding hydrogens is 270 g/mol. The van der Waals surface area contributed by atoms with Crippen molar-refractivity contribution in [3.05, 3.63) is 66.8 Å². The molecule has 0 amide bonds. The zero-order valence-electron chi connectivity index (χ0n) is 12.0. The van der Waals surface area contributed by atoms with E-state index in [1.54, 1.807) is 6.07 Å². The van der Waals surface area contributed by atoms with Crippen LogP contribution in [0.25, 0.3) is 27.4 Å². The fraction of sp³-hybridized carbons (Fsp3) is 0.0526. The molecule has 0 bridgehead atoms. The molecule has 3 rings (SSSR count). The van der Waals surface area contributed by atoms with Gasteiger partial charge in [-0.25, -0.2) is 0 Å². The molecule has 0 spiro atoms. The lowest BCUT2D eigenvalue weighted by molar-refractivity contribution is 0.900. The van der Waals surface area contributed by atoms with Crippen LogP contribution < -0.4 is 0 Å². The molecular formula is C19H13N3. The molecule has 1 heterocycles. The van der Waals surface area contributed by atoms with E-state index < -0.39 is 0 Å². The highest BCUT2D eigenvalue weighted by Gasteiger charge is 2.16. The average molecular weight is 283 g/mol. The summed E-state index contributed by atoms with van der Waals surface area (Å²) >= 11 is 0. The van der Waals surface area contributed by atoms with Crippen LogP contribution in [0.4, 0.5) is 0 Å². The summed E-state index contributed by atoms with van der Waals surface area (Å²) in [6.45, 7) is 8.27. The molecule has 104 valence electrons. The van der Waals surface area contributed by atoms with Crippen molar-refractivity contribution < 1.29 is 0 Å². The highest BCUT2D eigenvalue weighted by Crippen LogP contribution is 2.34. The number of aromatic nitrogens is 1. The molecule has 0 radical (unpaired) electrons. The molecule has 2 aromatic carbocycles. The van der Waals surface area contributed by atoms with E-state index in [4.69, 9.17) is 0 Å². The second-order valence-electron chi connectivity index (χ2n) is 5.04. The number of nitriles is 2. The van der Waals surface area contributed by atoms with Gasteiger partial charge in [0.2, 0.25) is 0 Å². The number of rotatable bonds is 3. The topological polar surface area (TPSA) is 52.5 Å². The molecule has 3 nitrogen and oxygen atoms in total. The van der Waals surface area contributed by atoms with E-state index in [-0.39, 0.29) is 0 Å². The van der Waals surface area contributed by atoms with Gasteiger partial charge in [0.1, 0.15) is 0 Å². The average Bonchev–Trinajstić information content (AvgIpc) is 2.88. The Morgan fingerprint density at radius 2 is 1.95 bits per heavy atom. The van der Waals surface area contributed by atoms with Crippen molar-refractivity contribution in [1.29, 1.82) is 10.5 Å². The Morgan fingerprint density at radius 1 is 1.18 bits per heavy atom. The van der Waals surface area contributed by atoms with Crippen LogP contribution in [0.2, 0.25) is 0 Å². The third-order valence-corrected chi connectivity index (χ3v) is 3.77. The number of hydrogen-bond donors (Lipinski definition) is 0. The van der Waals surface area contributed by atoms with Gasteiger partial charge in [-0.2, -0.15) is 10.5 Å². The Bertz CT molecular complexity index is 1010. The van der Waals surface area contributed by atoms with Crippen molar-refractivity contribution in [2.45, 2.75) is 6.54 Å². The molecule has 0 atom stereocenters. The molecule has 3 heteroatoms. The van der Waals surface area contributed by atoms with Gasteiger partial charge >= 0.3 is 0 Å². The van der Waals surface area contributed by atoms with Crippen LogP contribution in [0.1, 0.15) is 11.1 Å². The third-order valence-electron chi connectivity index (χ3n) is 3.77. The summed E-state index contributed by atoms with van der Waals surface area (Å²) in [5, 5.41) is 20.5. The van der Waals surface area contributed by atoms with Crippen LogP contribution in [0.15, 0.2) is 55.6 Å². The number of benzene rings is 2. The van der Waals surface area contributed by atoms with Crippen LogP contribution >= 0.6 is 0 Å². The van der Waals surface area contributed by atoms with Gasteiger partial charge in [-0.1, -0.05) is 30.9 Å². The monoisotopic (exact) mass is 283 g/mol. The number of nitrogens with zero attached hydrogens (tertiary/aromatic N) is 3. The molecule has 0 saturated heterocycles. The third kappa shape index (κ3) is 1.89. The van der Waals surface area contributed by atoms with E-state index >= 15 is 0 Å². The first-order valence-corrected chi connectivity index (χ1v) is 6.86. The molecule has 3 aromatic rings. The lowest BCUT2D eigenvalue weighted by Gasteiger charge is -2.08. The highest BCUT2D eigenvalue weighted by atomic mass is 15.0. The summed E-state index contributed by atoms with van der Waals surface area (Å²) in [5.74, 6) is 0. The minimum atomic E-state index is 0.357. The maximum absolute atomic E-state index is 9.27. The van der Waals surface area contributed by atoms with Gasteiger partial charge in [-0.3, -0.25) is 0 Å². The lowest BCUT2D eigenvalue weighted by atomic mass is 10.0. The number of hydrogen-bond acceptors (Lipinski definition) is 2. The minimum absolute atomic E-state index is 0.357. The fourth-order valence-corrected chi connectivity index (χ4v) is 2.86. The smallest absolute Gasteiger partial charge is 0.0992 e. The molecule has 0 aliphatic heterocycles.